The van der Waals surface area contributed by atoms with Gasteiger partial charge >= 0.3 is 6.03 Å². The van der Waals surface area contributed by atoms with Gasteiger partial charge in [0, 0.05) is 36.1 Å². The van der Waals surface area contributed by atoms with Crippen molar-refractivity contribution in [3.8, 4) is 0 Å². The molecule has 0 bridgehead atoms. The summed E-state index contributed by atoms with van der Waals surface area (Å²) < 4.78 is 0. The van der Waals surface area contributed by atoms with Gasteiger partial charge in [-0.15, -0.1) is 11.3 Å². The second kappa shape index (κ2) is 7.44. The largest absolute Gasteiger partial charge is 0.337 e. The maximum Gasteiger partial charge on any atom is 0.319 e. The van der Waals surface area contributed by atoms with Crippen molar-refractivity contribution in [3.63, 3.8) is 0 Å². The molecule has 0 spiro atoms. The lowest BCUT2D eigenvalue weighted by Crippen LogP contribution is -2.30. The van der Waals surface area contributed by atoms with E-state index in [1.165, 1.54) is 0 Å². The summed E-state index contributed by atoms with van der Waals surface area (Å²) in [6.07, 6.45) is 2.84. The molecule has 0 atom stereocenters. The van der Waals surface area contributed by atoms with Crippen LogP contribution in [0.1, 0.15) is 29.6 Å². The van der Waals surface area contributed by atoms with E-state index in [-0.39, 0.29) is 11.9 Å². The fraction of sp³-hybridized carbons (Fsp3) is 0.353. The molecule has 2 heterocycles. The molecule has 1 aliphatic heterocycles. The van der Waals surface area contributed by atoms with Crippen molar-refractivity contribution in [2.24, 2.45) is 0 Å². The Labute approximate surface area is 144 Å². The quantitative estimate of drug-likeness (QED) is 0.780. The molecule has 1 aromatic heterocycles. The molecule has 3 N–H and O–H groups in total. The van der Waals surface area contributed by atoms with Gasteiger partial charge in [-0.2, -0.15) is 0 Å². The number of carbonyl (C=O) groups excluding carboxylic acids is 2. The van der Waals surface area contributed by atoms with Crippen molar-refractivity contribution in [3.05, 3.63) is 39.8 Å². The molecule has 0 radical (unpaired) electrons. The molecular weight excluding hydrogens is 324 g/mol. The van der Waals surface area contributed by atoms with E-state index in [9.17, 15) is 9.59 Å². The van der Waals surface area contributed by atoms with Crippen LogP contribution in [0.25, 0.3) is 0 Å². The van der Waals surface area contributed by atoms with Crippen molar-refractivity contribution >= 4 is 34.6 Å². The second-order valence-corrected chi connectivity index (χ2v) is 6.58. The molecule has 0 saturated heterocycles. The highest BCUT2D eigenvalue weighted by molar-refractivity contribution is 7.09. The topological polar surface area (TPSA) is 83.1 Å². The van der Waals surface area contributed by atoms with Gasteiger partial charge in [0.25, 0.3) is 0 Å². The molecule has 24 heavy (non-hydrogen) atoms. The molecule has 0 unspecified atom stereocenters. The van der Waals surface area contributed by atoms with E-state index in [2.05, 4.69) is 27.9 Å². The van der Waals surface area contributed by atoms with Gasteiger partial charge in [-0.1, -0.05) is 6.92 Å². The number of hydrogen-bond donors (Lipinski definition) is 3. The molecule has 0 saturated carbocycles. The zero-order valence-electron chi connectivity index (χ0n) is 13.5. The predicted octanol–water partition coefficient (Wildman–Crippen LogP) is 2.95. The van der Waals surface area contributed by atoms with Gasteiger partial charge < -0.3 is 16.0 Å². The Kier molecular flexibility index (Phi) is 5.10. The number of hydrogen-bond acceptors (Lipinski definition) is 4. The lowest BCUT2D eigenvalue weighted by Gasteiger charge is -2.17. The maximum atomic E-state index is 12.0. The lowest BCUT2D eigenvalue weighted by molar-refractivity contribution is -0.116. The number of nitrogens with one attached hydrogen (secondary N) is 3. The molecule has 7 heteroatoms. The summed E-state index contributed by atoms with van der Waals surface area (Å²) in [5, 5.41) is 11.6. The normalized spacial score (nSPS) is 13.1. The van der Waals surface area contributed by atoms with Gasteiger partial charge in [0.1, 0.15) is 0 Å². The summed E-state index contributed by atoms with van der Waals surface area (Å²) in [4.78, 5) is 27.8. The number of nitrogens with zero attached hydrogens (tertiary/aromatic N) is 1. The van der Waals surface area contributed by atoms with E-state index in [0.29, 0.717) is 19.4 Å². The number of amides is 3. The van der Waals surface area contributed by atoms with Crippen molar-refractivity contribution in [1.29, 1.82) is 0 Å². The van der Waals surface area contributed by atoms with Gasteiger partial charge in [0.2, 0.25) is 5.91 Å². The average molecular weight is 344 g/mol. The first-order valence-corrected chi connectivity index (χ1v) is 8.93. The Morgan fingerprint density at radius 2 is 2.25 bits per heavy atom. The summed E-state index contributed by atoms with van der Waals surface area (Å²) in [7, 11) is 0. The van der Waals surface area contributed by atoms with Crippen LogP contribution in [-0.2, 0) is 24.1 Å². The number of rotatable bonds is 5. The van der Waals surface area contributed by atoms with Gasteiger partial charge in [-0.3, -0.25) is 4.79 Å². The van der Waals surface area contributed by atoms with Crippen molar-refractivity contribution in [2.45, 2.75) is 32.6 Å². The smallest absolute Gasteiger partial charge is 0.319 e. The van der Waals surface area contributed by atoms with Crippen LogP contribution in [0, 0.1) is 0 Å². The highest BCUT2D eigenvalue weighted by Crippen LogP contribution is 2.25. The number of urea groups is 1. The van der Waals surface area contributed by atoms with E-state index in [1.54, 1.807) is 17.4 Å². The summed E-state index contributed by atoms with van der Waals surface area (Å²) >= 11 is 1.65. The molecule has 3 rings (SSSR count). The van der Waals surface area contributed by atoms with Crippen LogP contribution >= 0.6 is 11.3 Å². The molecule has 3 amide bonds. The Morgan fingerprint density at radius 3 is 3.04 bits per heavy atom. The molecule has 1 aliphatic rings. The Balaban J connectivity index is 1.49. The minimum Gasteiger partial charge on any atom is -0.337 e. The highest BCUT2D eigenvalue weighted by atomic mass is 32.1. The third-order valence-electron chi connectivity index (χ3n) is 3.83. The average Bonchev–Trinajstić information content (AvgIpc) is 3.03. The van der Waals surface area contributed by atoms with Crippen LogP contribution in [0.15, 0.2) is 23.6 Å². The number of benzene rings is 1. The first-order valence-electron chi connectivity index (χ1n) is 8.05. The fourth-order valence-corrected chi connectivity index (χ4v) is 3.35. The summed E-state index contributed by atoms with van der Waals surface area (Å²) in [5.41, 5.74) is 3.61. The van der Waals surface area contributed by atoms with E-state index >= 15 is 0 Å². The van der Waals surface area contributed by atoms with E-state index in [0.717, 1.165) is 40.5 Å². The van der Waals surface area contributed by atoms with Crippen molar-refractivity contribution in [2.75, 3.05) is 17.2 Å². The van der Waals surface area contributed by atoms with Crippen molar-refractivity contribution in [1.82, 2.24) is 10.3 Å². The van der Waals surface area contributed by atoms with Crippen LogP contribution in [0.5, 0.6) is 0 Å². The fourth-order valence-electron chi connectivity index (χ4n) is 2.57. The third kappa shape index (κ3) is 4.11. The van der Waals surface area contributed by atoms with E-state index in [1.807, 2.05) is 17.5 Å². The van der Waals surface area contributed by atoms with Gasteiger partial charge in [-0.25, -0.2) is 9.78 Å². The van der Waals surface area contributed by atoms with Crippen LogP contribution in [0.4, 0.5) is 16.2 Å². The Morgan fingerprint density at radius 1 is 1.38 bits per heavy atom. The molecule has 126 valence electrons. The summed E-state index contributed by atoms with van der Waals surface area (Å²) in [5.74, 6) is 0.0363. The molecule has 0 aliphatic carbocycles. The molecule has 6 nitrogen and oxygen atoms in total. The first kappa shape index (κ1) is 16.4. The number of anilines is 2. The number of thiazole rings is 1. The lowest BCUT2D eigenvalue weighted by atomic mass is 10.0. The van der Waals surface area contributed by atoms with E-state index in [4.69, 9.17) is 0 Å². The SMILES string of the molecule is CCc1nc(CCNC(=O)Nc2ccc3c(c2)CCC(=O)N3)cs1. The molecular formula is C17H20N4O2S. The number of aryl methyl sites for hydroxylation is 2. The van der Waals surface area contributed by atoms with Crippen LogP contribution in [-0.4, -0.2) is 23.5 Å². The maximum absolute atomic E-state index is 12.0. The molecule has 0 fully saturated rings. The van der Waals surface area contributed by atoms with Crippen LogP contribution < -0.4 is 16.0 Å². The monoisotopic (exact) mass is 344 g/mol. The number of aromatic nitrogens is 1. The van der Waals surface area contributed by atoms with Crippen LogP contribution in [0.2, 0.25) is 0 Å². The first-order chi connectivity index (χ1) is 11.6. The Bertz CT molecular complexity index is 757. The highest BCUT2D eigenvalue weighted by Gasteiger charge is 2.15. The minimum absolute atomic E-state index is 0.0363. The summed E-state index contributed by atoms with van der Waals surface area (Å²) in [6, 6.07) is 5.28. The third-order valence-corrected chi connectivity index (χ3v) is 4.87. The van der Waals surface area contributed by atoms with Gasteiger partial charge in [0.05, 0.1) is 10.7 Å². The second-order valence-electron chi connectivity index (χ2n) is 5.64. The zero-order chi connectivity index (χ0) is 16.9. The van der Waals surface area contributed by atoms with Crippen molar-refractivity contribution < 1.29 is 9.59 Å². The predicted molar refractivity (Wildman–Crippen MR) is 95.6 cm³/mol. The number of carbonyl (C=O) groups is 2. The minimum atomic E-state index is -0.235. The standard InChI is InChI=1S/C17H20N4O2S/c1-2-16-19-13(10-24-16)7-8-18-17(23)20-12-4-5-14-11(9-12)3-6-15(22)21-14/h4-5,9-10H,2-3,6-8H2,1H3,(H,21,22)(H2,18,20,23). The molecule has 2 aromatic rings. The Hall–Kier alpha value is -2.41. The van der Waals surface area contributed by atoms with Gasteiger partial charge in [-0.05, 0) is 36.6 Å². The zero-order valence-corrected chi connectivity index (χ0v) is 14.3. The summed E-state index contributed by atoms with van der Waals surface area (Å²) in [6.45, 7) is 2.62. The van der Waals surface area contributed by atoms with Crippen LogP contribution in [0.3, 0.4) is 0 Å². The number of fused-ring (bicyclic) bond motifs is 1. The van der Waals surface area contributed by atoms with Gasteiger partial charge in [0.15, 0.2) is 0 Å². The molecule has 1 aromatic carbocycles. The van der Waals surface area contributed by atoms with E-state index < -0.39 is 0 Å².